The van der Waals surface area contributed by atoms with E-state index in [1.165, 1.54) is 19.3 Å². The van der Waals surface area contributed by atoms with Crippen LogP contribution in [-0.4, -0.2) is 22.8 Å². The molecule has 136 valence electrons. The normalized spacial score (nSPS) is 13.3. The van der Waals surface area contributed by atoms with Gasteiger partial charge in [-0.2, -0.15) is 0 Å². The number of aromatic nitrogens is 2. The third-order valence-corrected chi connectivity index (χ3v) is 4.79. The Bertz CT molecular complexity index is 917. The number of anilines is 1. The van der Waals surface area contributed by atoms with Crippen LogP contribution in [0.2, 0.25) is 0 Å². The predicted octanol–water partition coefficient (Wildman–Crippen LogP) is 4.64. The van der Waals surface area contributed by atoms with E-state index in [2.05, 4.69) is 23.6 Å². The fraction of sp³-hybridized carbons (Fsp3) is 0.381. The van der Waals surface area contributed by atoms with Crippen molar-refractivity contribution < 1.29 is 9.47 Å². The zero-order valence-electron chi connectivity index (χ0n) is 15.2. The SMILES string of the molecule is CCCCCCn1c(-c2cccc(N)c2)nc2cc3c(cc21)OCCO3. The van der Waals surface area contributed by atoms with Gasteiger partial charge in [0.2, 0.25) is 0 Å². The summed E-state index contributed by atoms with van der Waals surface area (Å²) in [5.74, 6) is 2.53. The van der Waals surface area contributed by atoms with Gasteiger partial charge in [0, 0.05) is 29.9 Å². The predicted molar refractivity (Wildman–Crippen MR) is 105 cm³/mol. The van der Waals surface area contributed by atoms with Crippen molar-refractivity contribution in [3.8, 4) is 22.9 Å². The molecule has 1 aliphatic rings. The zero-order chi connectivity index (χ0) is 17.9. The van der Waals surface area contributed by atoms with Gasteiger partial charge in [0.05, 0.1) is 11.0 Å². The molecule has 4 rings (SSSR count). The summed E-state index contributed by atoms with van der Waals surface area (Å²) in [5, 5.41) is 0. The lowest BCUT2D eigenvalue weighted by Gasteiger charge is -2.18. The molecule has 0 unspecified atom stereocenters. The number of ether oxygens (including phenoxy) is 2. The van der Waals surface area contributed by atoms with Crippen LogP contribution in [0, 0.1) is 0 Å². The summed E-state index contributed by atoms with van der Waals surface area (Å²) >= 11 is 0. The molecule has 0 amide bonds. The highest BCUT2D eigenvalue weighted by molar-refractivity contribution is 5.84. The van der Waals surface area contributed by atoms with E-state index in [4.69, 9.17) is 20.2 Å². The first kappa shape index (κ1) is 16.8. The Kier molecular flexibility index (Phi) is 4.69. The van der Waals surface area contributed by atoms with Gasteiger partial charge in [-0.1, -0.05) is 38.3 Å². The zero-order valence-corrected chi connectivity index (χ0v) is 15.2. The van der Waals surface area contributed by atoms with E-state index in [0.717, 1.165) is 52.6 Å². The van der Waals surface area contributed by atoms with Crippen molar-refractivity contribution >= 4 is 16.7 Å². The van der Waals surface area contributed by atoms with E-state index in [1.807, 2.05) is 24.3 Å². The number of nitrogens with zero attached hydrogens (tertiary/aromatic N) is 2. The molecule has 26 heavy (non-hydrogen) atoms. The molecule has 2 aromatic carbocycles. The van der Waals surface area contributed by atoms with Crippen molar-refractivity contribution in [1.29, 1.82) is 0 Å². The van der Waals surface area contributed by atoms with Crippen molar-refractivity contribution in [2.75, 3.05) is 18.9 Å². The summed E-state index contributed by atoms with van der Waals surface area (Å²) in [6, 6.07) is 12.0. The second-order valence-electron chi connectivity index (χ2n) is 6.76. The van der Waals surface area contributed by atoms with Gasteiger partial charge in [-0.15, -0.1) is 0 Å². The highest BCUT2D eigenvalue weighted by atomic mass is 16.6. The van der Waals surface area contributed by atoms with Crippen molar-refractivity contribution in [3.63, 3.8) is 0 Å². The maximum Gasteiger partial charge on any atom is 0.163 e. The maximum absolute atomic E-state index is 6.00. The van der Waals surface area contributed by atoms with Crippen molar-refractivity contribution in [2.45, 2.75) is 39.2 Å². The maximum atomic E-state index is 6.00. The number of nitrogens with two attached hydrogens (primary N) is 1. The van der Waals surface area contributed by atoms with E-state index in [-0.39, 0.29) is 0 Å². The van der Waals surface area contributed by atoms with Gasteiger partial charge in [-0.05, 0) is 18.6 Å². The van der Waals surface area contributed by atoms with Gasteiger partial charge >= 0.3 is 0 Å². The first-order valence-electron chi connectivity index (χ1n) is 9.42. The summed E-state index contributed by atoms with van der Waals surface area (Å²) < 4.78 is 13.8. The molecule has 5 heteroatoms. The average Bonchev–Trinajstić information content (AvgIpc) is 3.01. The van der Waals surface area contributed by atoms with E-state index in [9.17, 15) is 0 Å². The van der Waals surface area contributed by atoms with E-state index < -0.39 is 0 Å². The minimum absolute atomic E-state index is 0.582. The molecule has 0 bridgehead atoms. The summed E-state index contributed by atoms with van der Waals surface area (Å²) in [6.07, 6.45) is 4.83. The second-order valence-corrected chi connectivity index (χ2v) is 6.76. The largest absolute Gasteiger partial charge is 0.486 e. The van der Waals surface area contributed by atoms with Crippen LogP contribution in [0.15, 0.2) is 36.4 Å². The Morgan fingerprint density at radius 3 is 2.62 bits per heavy atom. The highest BCUT2D eigenvalue weighted by Gasteiger charge is 2.19. The molecule has 0 fully saturated rings. The molecular formula is C21H25N3O2. The number of rotatable bonds is 6. The second kappa shape index (κ2) is 7.28. The monoisotopic (exact) mass is 351 g/mol. The highest BCUT2D eigenvalue weighted by Crippen LogP contribution is 2.36. The Balaban J connectivity index is 1.80. The number of hydrogen-bond acceptors (Lipinski definition) is 4. The van der Waals surface area contributed by atoms with E-state index in [0.29, 0.717) is 13.2 Å². The number of fused-ring (bicyclic) bond motifs is 2. The lowest BCUT2D eigenvalue weighted by molar-refractivity contribution is 0.172. The average molecular weight is 351 g/mol. The Morgan fingerprint density at radius 1 is 1.04 bits per heavy atom. The number of unbranched alkanes of at least 4 members (excludes halogenated alkanes) is 3. The van der Waals surface area contributed by atoms with Crippen LogP contribution in [-0.2, 0) is 6.54 Å². The molecule has 2 N–H and O–H groups in total. The van der Waals surface area contributed by atoms with Crippen LogP contribution in [0.1, 0.15) is 32.6 Å². The quantitative estimate of drug-likeness (QED) is 0.519. The van der Waals surface area contributed by atoms with Crippen molar-refractivity contribution in [1.82, 2.24) is 9.55 Å². The number of aryl methyl sites for hydroxylation is 1. The lowest BCUT2D eigenvalue weighted by atomic mass is 10.1. The molecule has 1 aromatic heterocycles. The molecule has 2 heterocycles. The molecule has 0 aliphatic carbocycles. The van der Waals surface area contributed by atoms with Crippen molar-refractivity contribution in [2.24, 2.45) is 0 Å². The number of nitrogen functional groups attached to an aromatic ring is 1. The third-order valence-electron chi connectivity index (χ3n) is 4.79. The van der Waals surface area contributed by atoms with E-state index in [1.54, 1.807) is 0 Å². The van der Waals surface area contributed by atoms with Crippen LogP contribution < -0.4 is 15.2 Å². The molecule has 0 radical (unpaired) electrons. The number of imidazole rings is 1. The Labute approximate surface area is 153 Å². The molecule has 5 nitrogen and oxygen atoms in total. The van der Waals surface area contributed by atoms with Gasteiger partial charge < -0.3 is 19.8 Å². The summed E-state index contributed by atoms with van der Waals surface area (Å²) in [6.45, 7) is 4.33. The van der Waals surface area contributed by atoms with Crippen LogP contribution in [0.3, 0.4) is 0 Å². The third kappa shape index (κ3) is 3.21. The molecule has 3 aromatic rings. The van der Waals surface area contributed by atoms with Crippen LogP contribution in [0.5, 0.6) is 11.5 Å². The molecule has 1 aliphatic heterocycles. The van der Waals surface area contributed by atoms with Crippen LogP contribution in [0.4, 0.5) is 5.69 Å². The van der Waals surface area contributed by atoms with Gasteiger partial charge in [0.15, 0.2) is 11.5 Å². The summed E-state index contributed by atoms with van der Waals surface area (Å²) in [4.78, 5) is 4.90. The molecule has 0 saturated heterocycles. The van der Waals surface area contributed by atoms with Crippen LogP contribution in [0.25, 0.3) is 22.4 Å². The van der Waals surface area contributed by atoms with Gasteiger partial charge in [0.1, 0.15) is 19.0 Å². The van der Waals surface area contributed by atoms with E-state index >= 15 is 0 Å². The molecular weight excluding hydrogens is 326 g/mol. The molecule has 0 saturated carbocycles. The first-order chi connectivity index (χ1) is 12.8. The minimum atomic E-state index is 0.582. The lowest BCUT2D eigenvalue weighted by Crippen LogP contribution is -2.15. The summed E-state index contributed by atoms with van der Waals surface area (Å²) in [5.41, 5.74) is 9.81. The Morgan fingerprint density at radius 2 is 1.85 bits per heavy atom. The molecule has 0 atom stereocenters. The first-order valence-corrected chi connectivity index (χ1v) is 9.42. The fourth-order valence-electron chi connectivity index (χ4n) is 3.48. The minimum Gasteiger partial charge on any atom is -0.486 e. The fourth-order valence-corrected chi connectivity index (χ4v) is 3.48. The van der Waals surface area contributed by atoms with Crippen molar-refractivity contribution in [3.05, 3.63) is 36.4 Å². The smallest absolute Gasteiger partial charge is 0.163 e. The standard InChI is InChI=1S/C21H25N3O2/c1-2-3-4-5-9-24-18-14-20-19(25-10-11-26-20)13-17(18)23-21(24)15-7-6-8-16(22)12-15/h6-8,12-14H,2-5,9-11,22H2,1H3. The van der Waals surface area contributed by atoms with Gasteiger partial charge in [0.25, 0.3) is 0 Å². The number of hydrogen-bond donors (Lipinski definition) is 1. The summed E-state index contributed by atoms with van der Waals surface area (Å²) in [7, 11) is 0. The molecule has 0 spiro atoms. The van der Waals surface area contributed by atoms with Gasteiger partial charge in [-0.25, -0.2) is 4.98 Å². The van der Waals surface area contributed by atoms with Gasteiger partial charge in [-0.3, -0.25) is 0 Å². The topological polar surface area (TPSA) is 62.3 Å². The Hall–Kier alpha value is -2.69. The number of benzene rings is 2. The van der Waals surface area contributed by atoms with Crippen LogP contribution >= 0.6 is 0 Å².